The van der Waals surface area contributed by atoms with Crippen LogP contribution in [0.3, 0.4) is 0 Å². The molecule has 0 amide bonds. The van der Waals surface area contributed by atoms with Gasteiger partial charge in [0.1, 0.15) is 0 Å². The number of rotatable bonds is 2. The van der Waals surface area contributed by atoms with Crippen LogP contribution < -0.4 is 5.14 Å². The van der Waals surface area contributed by atoms with Gasteiger partial charge in [-0.05, 0) is 23.3 Å². The van der Waals surface area contributed by atoms with Crippen LogP contribution in [0.5, 0.6) is 0 Å². The van der Waals surface area contributed by atoms with E-state index in [4.69, 9.17) is 28.3 Å². The number of halogens is 2. The number of aliphatic hydroxyl groups is 1. The van der Waals surface area contributed by atoms with Crippen LogP contribution >= 0.6 is 23.2 Å². The third-order valence-corrected chi connectivity index (χ3v) is 4.67. The van der Waals surface area contributed by atoms with E-state index in [1.807, 2.05) is 0 Å². The standard InChI is InChI=1S/C10H12Cl2N2O3S/c1-14(18(13,16)17)10-7-2-5(11)3-8(12)6(7)4-9(10)15/h2-3,9-10,15H,4H2,1H3,(H2,13,16,17). The second-order valence-corrected chi connectivity index (χ2v) is 6.68. The van der Waals surface area contributed by atoms with Gasteiger partial charge in [-0.25, -0.2) is 5.14 Å². The van der Waals surface area contributed by atoms with Gasteiger partial charge in [-0.15, -0.1) is 0 Å². The highest BCUT2D eigenvalue weighted by atomic mass is 35.5. The molecule has 2 atom stereocenters. The summed E-state index contributed by atoms with van der Waals surface area (Å²) in [5.74, 6) is 0. The maximum absolute atomic E-state index is 11.4. The number of hydrogen-bond acceptors (Lipinski definition) is 3. The van der Waals surface area contributed by atoms with Crippen molar-refractivity contribution in [3.8, 4) is 0 Å². The Hall–Kier alpha value is -0.370. The Kier molecular flexibility index (Phi) is 3.61. The average Bonchev–Trinajstić information content (AvgIpc) is 2.52. The molecule has 0 heterocycles. The zero-order valence-corrected chi connectivity index (χ0v) is 11.8. The summed E-state index contributed by atoms with van der Waals surface area (Å²) in [5.41, 5.74) is 1.30. The molecule has 100 valence electrons. The Morgan fingerprint density at radius 1 is 1.44 bits per heavy atom. The summed E-state index contributed by atoms with van der Waals surface area (Å²) in [6, 6.07) is 2.41. The van der Waals surface area contributed by atoms with E-state index < -0.39 is 22.4 Å². The van der Waals surface area contributed by atoms with Gasteiger partial charge in [0, 0.05) is 23.5 Å². The average molecular weight is 311 g/mol. The lowest BCUT2D eigenvalue weighted by atomic mass is 10.1. The summed E-state index contributed by atoms with van der Waals surface area (Å²) in [5, 5.41) is 15.9. The Morgan fingerprint density at radius 2 is 2.06 bits per heavy atom. The summed E-state index contributed by atoms with van der Waals surface area (Å²) in [6.07, 6.45) is -0.616. The molecule has 1 aliphatic carbocycles. The predicted molar refractivity (Wildman–Crippen MR) is 69.8 cm³/mol. The number of likely N-dealkylation sites (N-methyl/N-ethyl adjacent to an activating group) is 1. The van der Waals surface area contributed by atoms with Crippen molar-refractivity contribution in [3.05, 3.63) is 33.3 Å². The molecule has 2 unspecified atom stereocenters. The summed E-state index contributed by atoms with van der Waals surface area (Å²) in [6.45, 7) is 0. The first-order chi connectivity index (χ1) is 8.21. The Bertz CT molecular complexity index is 591. The minimum absolute atomic E-state index is 0.274. The van der Waals surface area contributed by atoms with Gasteiger partial charge in [0.2, 0.25) is 0 Å². The molecule has 0 saturated heterocycles. The molecule has 0 spiro atoms. The molecule has 5 nitrogen and oxygen atoms in total. The van der Waals surface area contributed by atoms with Gasteiger partial charge in [-0.1, -0.05) is 23.2 Å². The van der Waals surface area contributed by atoms with E-state index in [1.54, 1.807) is 12.1 Å². The first-order valence-corrected chi connectivity index (χ1v) is 7.39. The van der Waals surface area contributed by atoms with Crippen LogP contribution in [-0.4, -0.2) is 31.0 Å². The lowest BCUT2D eigenvalue weighted by Gasteiger charge is -2.25. The number of fused-ring (bicyclic) bond motifs is 1. The van der Waals surface area contributed by atoms with E-state index in [0.29, 0.717) is 21.2 Å². The number of nitrogens with two attached hydrogens (primary N) is 1. The Labute approximate surface area is 115 Å². The molecule has 0 fully saturated rings. The third kappa shape index (κ3) is 2.36. The summed E-state index contributed by atoms with van der Waals surface area (Å²) in [4.78, 5) is 0. The van der Waals surface area contributed by atoms with Crippen molar-refractivity contribution in [2.45, 2.75) is 18.6 Å². The molecule has 0 bridgehead atoms. The van der Waals surface area contributed by atoms with Crippen molar-refractivity contribution >= 4 is 33.4 Å². The van der Waals surface area contributed by atoms with Crippen LogP contribution in [0.4, 0.5) is 0 Å². The summed E-state index contributed by atoms with van der Waals surface area (Å²) >= 11 is 11.9. The van der Waals surface area contributed by atoms with Gasteiger partial charge in [0.05, 0.1) is 12.1 Å². The fourth-order valence-electron chi connectivity index (χ4n) is 2.23. The molecule has 18 heavy (non-hydrogen) atoms. The lowest BCUT2D eigenvalue weighted by molar-refractivity contribution is 0.113. The maximum atomic E-state index is 11.4. The highest BCUT2D eigenvalue weighted by molar-refractivity contribution is 7.86. The molecule has 1 aromatic carbocycles. The van der Waals surface area contributed by atoms with E-state index >= 15 is 0 Å². The van der Waals surface area contributed by atoms with E-state index in [2.05, 4.69) is 0 Å². The lowest BCUT2D eigenvalue weighted by Crippen LogP contribution is -2.39. The SMILES string of the molecule is CN(C1c2cc(Cl)cc(Cl)c2CC1O)S(N)(=O)=O. The van der Waals surface area contributed by atoms with E-state index in [0.717, 1.165) is 4.31 Å². The van der Waals surface area contributed by atoms with Crippen molar-refractivity contribution in [1.29, 1.82) is 0 Å². The largest absolute Gasteiger partial charge is 0.391 e. The number of hydrogen-bond donors (Lipinski definition) is 2. The van der Waals surface area contributed by atoms with Crippen LogP contribution in [-0.2, 0) is 16.6 Å². The van der Waals surface area contributed by atoms with Crippen LogP contribution in [0, 0.1) is 0 Å². The van der Waals surface area contributed by atoms with Crippen LogP contribution in [0.2, 0.25) is 10.0 Å². The van der Waals surface area contributed by atoms with Crippen molar-refractivity contribution in [2.24, 2.45) is 5.14 Å². The first kappa shape index (κ1) is 14.0. The van der Waals surface area contributed by atoms with Crippen LogP contribution in [0.15, 0.2) is 12.1 Å². The third-order valence-electron chi connectivity index (χ3n) is 3.08. The normalized spacial score (nSPS) is 23.4. The predicted octanol–water partition coefficient (Wildman–Crippen LogP) is 1.09. The fraction of sp³-hybridized carbons (Fsp3) is 0.400. The Morgan fingerprint density at radius 3 is 2.61 bits per heavy atom. The van der Waals surface area contributed by atoms with Crippen molar-refractivity contribution in [3.63, 3.8) is 0 Å². The van der Waals surface area contributed by atoms with E-state index in [-0.39, 0.29) is 6.42 Å². The quantitative estimate of drug-likeness (QED) is 0.857. The molecule has 1 aliphatic rings. The number of benzene rings is 1. The topological polar surface area (TPSA) is 83.6 Å². The molecule has 3 N–H and O–H groups in total. The van der Waals surface area contributed by atoms with Crippen LogP contribution in [0.25, 0.3) is 0 Å². The molecule has 0 aliphatic heterocycles. The summed E-state index contributed by atoms with van der Waals surface area (Å²) < 4.78 is 23.7. The molecule has 0 radical (unpaired) electrons. The van der Waals surface area contributed by atoms with Gasteiger partial charge in [-0.2, -0.15) is 12.7 Å². The van der Waals surface area contributed by atoms with Crippen molar-refractivity contribution < 1.29 is 13.5 Å². The van der Waals surface area contributed by atoms with Crippen molar-refractivity contribution in [1.82, 2.24) is 4.31 Å². The Balaban J connectivity index is 2.55. The second kappa shape index (κ2) is 4.63. The molecule has 2 rings (SSSR count). The minimum Gasteiger partial charge on any atom is -0.391 e. The number of nitrogens with zero attached hydrogens (tertiary/aromatic N) is 1. The minimum atomic E-state index is -3.90. The van der Waals surface area contributed by atoms with E-state index in [9.17, 15) is 13.5 Å². The first-order valence-electron chi connectivity index (χ1n) is 5.13. The highest BCUT2D eigenvalue weighted by Gasteiger charge is 2.39. The van der Waals surface area contributed by atoms with Gasteiger partial charge in [0.15, 0.2) is 0 Å². The number of aliphatic hydroxyl groups excluding tert-OH is 1. The zero-order valence-electron chi connectivity index (χ0n) is 9.47. The molecule has 0 saturated carbocycles. The molecular weight excluding hydrogens is 299 g/mol. The highest BCUT2D eigenvalue weighted by Crippen LogP contribution is 2.41. The van der Waals surface area contributed by atoms with Crippen molar-refractivity contribution in [2.75, 3.05) is 7.05 Å². The van der Waals surface area contributed by atoms with Gasteiger partial charge >= 0.3 is 0 Å². The smallest absolute Gasteiger partial charge is 0.277 e. The fourth-order valence-corrected chi connectivity index (χ4v) is 3.38. The van der Waals surface area contributed by atoms with Crippen LogP contribution in [0.1, 0.15) is 17.2 Å². The van der Waals surface area contributed by atoms with Gasteiger partial charge in [0.25, 0.3) is 10.2 Å². The molecule has 8 heteroatoms. The molecule has 1 aromatic rings. The molecule has 0 aromatic heterocycles. The zero-order chi connectivity index (χ0) is 13.7. The van der Waals surface area contributed by atoms with E-state index in [1.165, 1.54) is 7.05 Å². The molecular formula is C10H12Cl2N2O3S. The van der Waals surface area contributed by atoms with Gasteiger partial charge < -0.3 is 5.11 Å². The van der Waals surface area contributed by atoms with Gasteiger partial charge in [-0.3, -0.25) is 0 Å². The summed E-state index contributed by atoms with van der Waals surface area (Å²) in [7, 11) is -2.59. The monoisotopic (exact) mass is 310 g/mol. The second-order valence-electron chi connectivity index (χ2n) is 4.23. The maximum Gasteiger partial charge on any atom is 0.277 e.